The van der Waals surface area contributed by atoms with Gasteiger partial charge in [0, 0.05) is 17.2 Å². The molecule has 0 bridgehead atoms. The van der Waals surface area contributed by atoms with Crippen LogP contribution in [0.15, 0.2) is 18.2 Å². The lowest BCUT2D eigenvalue weighted by molar-refractivity contribution is -0.643. The molecule has 0 fully saturated rings. The summed E-state index contributed by atoms with van der Waals surface area (Å²) in [5, 5.41) is 14.2. The Morgan fingerprint density at radius 1 is 1.46 bits per heavy atom. The van der Waals surface area contributed by atoms with Crippen LogP contribution < -0.4 is 4.85 Å². The number of hydrogen-bond acceptors (Lipinski definition) is 3. The minimum Gasteiger partial charge on any atom is -0.594 e. The van der Waals surface area contributed by atoms with Crippen LogP contribution in [0.3, 0.4) is 0 Å². The third kappa shape index (κ3) is 1.38. The highest BCUT2D eigenvalue weighted by atomic mass is 35.5. The zero-order valence-corrected chi connectivity index (χ0v) is 6.99. The summed E-state index contributed by atoms with van der Waals surface area (Å²) >= 11 is 5.41. The quantitative estimate of drug-likeness (QED) is 0.471. The van der Waals surface area contributed by atoms with Gasteiger partial charge in [-0.1, -0.05) is 0 Å². The zero-order valence-electron chi connectivity index (χ0n) is 6.24. The molecule has 1 heterocycles. The van der Waals surface area contributed by atoms with Gasteiger partial charge in [-0.15, -0.1) is 0 Å². The first kappa shape index (κ1) is 8.12. The normalized spacial score (nSPS) is 10.6. The van der Waals surface area contributed by atoms with Gasteiger partial charge in [0.25, 0.3) is 10.8 Å². The Labute approximate surface area is 77.2 Å². The molecule has 0 aliphatic heterocycles. The standard InChI is InChI=1S/C7H3ClFN3O/c8-7-10-5-3-4(9)1-2-6(5)12(13)11-7/h1-3H. The smallest absolute Gasteiger partial charge is 0.290 e. The molecule has 0 saturated carbocycles. The second kappa shape index (κ2) is 2.77. The van der Waals surface area contributed by atoms with Crippen LogP contribution in [0.5, 0.6) is 0 Å². The van der Waals surface area contributed by atoms with Gasteiger partial charge in [0.1, 0.15) is 11.3 Å². The molecule has 2 aromatic rings. The van der Waals surface area contributed by atoms with Gasteiger partial charge in [0.15, 0.2) is 0 Å². The summed E-state index contributed by atoms with van der Waals surface area (Å²) in [6.07, 6.45) is 0. The average molecular weight is 200 g/mol. The minimum absolute atomic E-state index is 0.186. The molecule has 0 spiro atoms. The third-order valence-electron chi connectivity index (χ3n) is 1.53. The van der Waals surface area contributed by atoms with Crippen molar-refractivity contribution >= 4 is 22.6 Å². The first-order valence-electron chi connectivity index (χ1n) is 3.39. The van der Waals surface area contributed by atoms with E-state index >= 15 is 0 Å². The molecule has 4 nitrogen and oxygen atoms in total. The molecule has 0 N–H and O–H groups in total. The predicted molar refractivity (Wildman–Crippen MR) is 43.5 cm³/mol. The average Bonchev–Trinajstić information content (AvgIpc) is 2.02. The van der Waals surface area contributed by atoms with Crippen molar-refractivity contribution in [3.8, 4) is 0 Å². The van der Waals surface area contributed by atoms with Gasteiger partial charge >= 0.3 is 0 Å². The van der Waals surface area contributed by atoms with E-state index in [1.54, 1.807) is 0 Å². The zero-order chi connectivity index (χ0) is 9.42. The Bertz CT molecular complexity index is 471. The summed E-state index contributed by atoms with van der Waals surface area (Å²) in [6, 6.07) is 3.58. The molecule has 0 saturated heterocycles. The largest absolute Gasteiger partial charge is 0.594 e. The van der Waals surface area contributed by atoms with E-state index in [0.29, 0.717) is 4.85 Å². The lowest BCUT2D eigenvalue weighted by Crippen LogP contribution is -2.32. The van der Waals surface area contributed by atoms with Gasteiger partial charge in [-0.3, -0.25) is 0 Å². The van der Waals surface area contributed by atoms with Crippen LogP contribution >= 0.6 is 11.6 Å². The molecule has 6 heteroatoms. The first-order valence-corrected chi connectivity index (χ1v) is 3.77. The van der Waals surface area contributed by atoms with Crippen molar-refractivity contribution in [1.29, 1.82) is 0 Å². The maximum Gasteiger partial charge on any atom is 0.290 e. The van der Waals surface area contributed by atoms with Crippen molar-refractivity contribution in [2.24, 2.45) is 0 Å². The van der Waals surface area contributed by atoms with Crippen molar-refractivity contribution in [3.05, 3.63) is 34.5 Å². The van der Waals surface area contributed by atoms with Gasteiger partial charge < -0.3 is 5.21 Å². The molecule has 0 atom stereocenters. The van der Waals surface area contributed by atoms with E-state index in [-0.39, 0.29) is 16.3 Å². The second-order valence-corrected chi connectivity index (χ2v) is 2.72. The maximum atomic E-state index is 12.7. The number of aromatic nitrogens is 3. The van der Waals surface area contributed by atoms with Crippen molar-refractivity contribution in [3.63, 3.8) is 0 Å². The molecule has 13 heavy (non-hydrogen) atoms. The fourth-order valence-electron chi connectivity index (χ4n) is 0.998. The Kier molecular flexibility index (Phi) is 1.73. The molecular weight excluding hydrogens is 197 g/mol. The molecular formula is C7H3ClFN3O. The lowest BCUT2D eigenvalue weighted by Gasteiger charge is -1.97. The Balaban J connectivity index is 2.86. The number of fused-ring (bicyclic) bond motifs is 1. The maximum absolute atomic E-state index is 12.7. The summed E-state index contributed by atoms with van der Waals surface area (Å²) in [7, 11) is 0. The van der Waals surface area contributed by atoms with Crippen LogP contribution in [-0.2, 0) is 0 Å². The van der Waals surface area contributed by atoms with E-state index in [2.05, 4.69) is 10.1 Å². The van der Waals surface area contributed by atoms with E-state index < -0.39 is 5.82 Å². The molecule has 0 amide bonds. The van der Waals surface area contributed by atoms with Crippen molar-refractivity contribution in [2.75, 3.05) is 0 Å². The molecule has 0 aliphatic rings. The van der Waals surface area contributed by atoms with E-state index in [9.17, 15) is 9.60 Å². The Hall–Kier alpha value is -1.49. The summed E-state index contributed by atoms with van der Waals surface area (Å²) in [4.78, 5) is 4.00. The van der Waals surface area contributed by atoms with Crippen molar-refractivity contribution in [1.82, 2.24) is 10.1 Å². The van der Waals surface area contributed by atoms with Gasteiger partial charge in [0.05, 0.1) is 0 Å². The third-order valence-corrected chi connectivity index (χ3v) is 1.69. The number of rotatable bonds is 0. The van der Waals surface area contributed by atoms with Crippen LogP contribution in [0.25, 0.3) is 11.0 Å². The fourth-order valence-corrected chi connectivity index (χ4v) is 1.16. The Morgan fingerprint density at radius 2 is 2.23 bits per heavy atom. The van der Waals surface area contributed by atoms with Crippen LogP contribution in [0.1, 0.15) is 0 Å². The SMILES string of the molecule is [O-][n+]1nc(Cl)nc2cc(F)ccc21. The highest BCUT2D eigenvalue weighted by molar-refractivity contribution is 6.28. The Morgan fingerprint density at radius 3 is 3.00 bits per heavy atom. The minimum atomic E-state index is -0.470. The molecule has 1 aromatic heterocycles. The van der Waals surface area contributed by atoms with Crippen LogP contribution in [0.4, 0.5) is 4.39 Å². The number of nitrogens with zero attached hydrogens (tertiary/aromatic N) is 3. The molecule has 66 valence electrons. The van der Waals surface area contributed by atoms with Gasteiger partial charge in [0.2, 0.25) is 0 Å². The van der Waals surface area contributed by atoms with E-state index in [0.717, 1.165) is 12.1 Å². The van der Waals surface area contributed by atoms with Crippen molar-refractivity contribution < 1.29 is 9.24 Å². The van der Waals surface area contributed by atoms with Gasteiger partial charge in [-0.05, 0) is 22.5 Å². The summed E-state index contributed by atoms with van der Waals surface area (Å²) in [5.41, 5.74) is 0.376. The molecule has 2 rings (SSSR count). The number of hydrogen-bond donors (Lipinski definition) is 0. The highest BCUT2D eigenvalue weighted by Gasteiger charge is 2.09. The van der Waals surface area contributed by atoms with Gasteiger partial charge in [-0.2, -0.15) is 0 Å². The van der Waals surface area contributed by atoms with Crippen LogP contribution in [-0.4, -0.2) is 10.1 Å². The summed E-state index contributed by atoms with van der Waals surface area (Å²) in [5.74, 6) is -0.470. The lowest BCUT2D eigenvalue weighted by atomic mass is 10.3. The monoisotopic (exact) mass is 199 g/mol. The molecule has 0 radical (unpaired) electrons. The number of benzene rings is 1. The van der Waals surface area contributed by atoms with E-state index in [1.165, 1.54) is 6.07 Å². The van der Waals surface area contributed by atoms with E-state index in [4.69, 9.17) is 11.6 Å². The molecule has 0 unspecified atom stereocenters. The molecule has 1 aromatic carbocycles. The second-order valence-electron chi connectivity index (χ2n) is 2.39. The summed E-state index contributed by atoms with van der Waals surface area (Å²) in [6.45, 7) is 0. The van der Waals surface area contributed by atoms with E-state index in [1.807, 2.05) is 0 Å². The first-order chi connectivity index (χ1) is 6.16. The topological polar surface area (TPSA) is 52.7 Å². The van der Waals surface area contributed by atoms with Crippen LogP contribution in [0.2, 0.25) is 5.28 Å². The highest BCUT2D eigenvalue weighted by Crippen LogP contribution is 2.10. The predicted octanol–water partition coefficient (Wildman–Crippen LogP) is 1.06. The van der Waals surface area contributed by atoms with Gasteiger partial charge in [-0.25, -0.2) is 9.37 Å². The van der Waals surface area contributed by atoms with Crippen LogP contribution in [0, 0.1) is 11.0 Å². The molecule has 0 aliphatic carbocycles. The fraction of sp³-hybridized carbons (Fsp3) is 0. The number of halogens is 2. The summed E-state index contributed by atoms with van der Waals surface area (Å²) < 4.78 is 12.7. The van der Waals surface area contributed by atoms with Crippen molar-refractivity contribution in [2.45, 2.75) is 0 Å².